The maximum absolute atomic E-state index is 13.8. The molecule has 4 rings (SSSR count). The van der Waals surface area contributed by atoms with Gasteiger partial charge in [-0.3, -0.25) is 14.4 Å². The molecule has 0 saturated heterocycles. The molecule has 3 aromatic carbocycles. The van der Waals surface area contributed by atoms with Crippen LogP contribution >= 0.6 is 11.8 Å². The van der Waals surface area contributed by atoms with Crippen molar-refractivity contribution in [2.75, 3.05) is 38.7 Å². The average molecular weight is 650 g/mol. The highest BCUT2D eigenvalue weighted by Gasteiger charge is 2.31. The van der Waals surface area contributed by atoms with Gasteiger partial charge in [0.2, 0.25) is 23.0 Å². The van der Waals surface area contributed by atoms with Crippen molar-refractivity contribution in [3.63, 3.8) is 0 Å². The summed E-state index contributed by atoms with van der Waals surface area (Å²) >= 11 is 1.52. The minimum absolute atomic E-state index is 0.142. The molecular weight excluding hydrogens is 610 g/mol. The largest absolute Gasteiger partial charge is 0.493 e. The number of fused-ring (bicyclic) bond motifs is 3. The number of carboxylic acid groups (broad SMARTS) is 1. The first-order chi connectivity index (χ1) is 22.1. The van der Waals surface area contributed by atoms with Gasteiger partial charge >= 0.3 is 5.97 Å². The van der Waals surface area contributed by atoms with Gasteiger partial charge in [0.1, 0.15) is 6.04 Å². The number of hydrogen-bond acceptors (Lipinski definition) is 9. The van der Waals surface area contributed by atoms with Gasteiger partial charge < -0.3 is 35.3 Å². The molecule has 3 aromatic rings. The van der Waals surface area contributed by atoms with Gasteiger partial charge in [0.05, 0.1) is 33.1 Å². The molecule has 4 N–H and O–H groups in total. The third-order valence-corrected chi connectivity index (χ3v) is 8.48. The van der Waals surface area contributed by atoms with E-state index >= 15 is 0 Å². The lowest BCUT2D eigenvalue weighted by molar-refractivity contribution is -0.142. The Morgan fingerprint density at radius 3 is 2.33 bits per heavy atom. The van der Waals surface area contributed by atoms with E-state index in [2.05, 4.69) is 16.0 Å². The molecule has 244 valence electrons. The zero-order chi connectivity index (χ0) is 33.4. The van der Waals surface area contributed by atoms with E-state index in [1.54, 1.807) is 42.5 Å². The molecule has 1 aliphatic rings. The second-order valence-corrected chi connectivity index (χ2v) is 11.8. The Morgan fingerprint density at radius 2 is 1.72 bits per heavy atom. The van der Waals surface area contributed by atoms with Gasteiger partial charge in [0.25, 0.3) is 0 Å². The molecule has 0 spiro atoms. The van der Waals surface area contributed by atoms with Crippen molar-refractivity contribution < 1.29 is 33.7 Å². The van der Waals surface area contributed by atoms with Crippen molar-refractivity contribution in [3.05, 3.63) is 81.5 Å². The molecule has 0 bridgehead atoms. The SMILES string of the molecule is COc1cc2c(c(OC)c1OC)-c1ccc(N[C@@H](CCSC)C(=O)N[C@H](C(=O)O)c3ccccc3)c(=O)cc1[C@@H](NC(C)=O)CC2. The monoisotopic (exact) mass is 649 g/mol. The van der Waals surface area contributed by atoms with E-state index in [1.165, 1.54) is 46.1 Å². The van der Waals surface area contributed by atoms with E-state index in [9.17, 15) is 24.3 Å². The maximum Gasteiger partial charge on any atom is 0.330 e. The number of ether oxygens (including phenoxy) is 3. The molecule has 0 fully saturated rings. The molecule has 11 nitrogen and oxygen atoms in total. The van der Waals surface area contributed by atoms with Gasteiger partial charge in [0, 0.05) is 12.5 Å². The Kier molecular flexibility index (Phi) is 11.5. The summed E-state index contributed by atoms with van der Waals surface area (Å²) in [6.45, 7) is 1.42. The van der Waals surface area contributed by atoms with Crippen LogP contribution in [0.2, 0.25) is 0 Å². The number of methoxy groups -OCH3 is 3. The molecule has 1 aliphatic carbocycles. The number of nitrogens with one attached hydrogen (secondary N) is 3. The van der Waals surface area contributed by atoms with Crippen LogP contribution in [0, 0.1) is 0 Å². The zero-order valence-corrected chi connectivity index (χ0v) is 27.3. The first kappa shape index (κ1) is 34.2. The van der Waals surface area contributed by atoms with Crippen LogP contribution < -0.4 is 35.6 Å². The molecule has 0 saturated carbocycles. The van der Waals surface area contributed by atoms with Crippen LogP contribution in [0.15, 0.2) is 59.4 Å². The zero-order valence-electron chi connectivity index (χ0n) is 26.5. The van der Waals surface area contributed by atoms with Crippen molar-refractivity contribution in [1.82, 2.24) is 10.6 Å². The summed E-state index contributed by atoms with van der Waals surface area (Å²) in [4.78, 5) is 51.7. The quantitative estimate of drug-likeness (QED) is 0.210. The second kappa shape index (κ2) is 15.5. The van der Waals surface area contributed by atoms with Crippen molar-refractivity contribution in [3.8, 4) is 28.4 Å². The molecule has 0 radical (unpaired) electrons. The van der Waals surface area contributed by atoms with Gasteiger partial charge in [-0.1, -0.05) is 36.4 Å². The topological polar surface area (TPSA) is 152 Å². The first-order valence-electron chi connectivity index (χ1n) is 14.7. The maximum atomic E-state index is 13.8. The van der Waals surface area contributed by atoms with Crippen LogP contribution in [0.3, 0.4) is 0 Å². The number of carboxylic acids is 1. The molecule has 46 heavy (non-hydrogen) atoms. The van der Waals surface area contributed by atoms with E-state index in [1.807, 2.05) is 12.3 Å². The van der Waals surface area contributed by atoms with Crippen molar-refractivity contribution in [1.29, 1.82) is 0 Å². The van der Waals surface area contributed by atoms with Crippen molar-refractivity contribution >= 4 is 35.2 Å². The van der Waals surface area contributed by atoms with Gasteiger partial charge in [-0.2, -0.15) is 11.8 Å². The van der Waals surface area contributed by atoms with E-state index < -0.39 is 35.4 Å². The molecular formula is C34H39N3O8S. The Balaban J connectivity index is 1.82. The number of hydrogen-bond donors (Lipinski definition) is 4. The van der Waals surface area contributed by atoms with E-state index in [0.29, 0.717) is 64.5 Å². The van der Waals surface area contributed by atoms with E-state index in [-0.39, 0.29) is 11.6 Å². The normalized spacial score (nSPS) is 14.8. The van der Waals surface area contributed by atoms with Crippen molar-refractivity contribution in [2.45, 2.75) is 44.3 Å². The molecule has 12 heteroatoms. The molecule has 2 amide bonds. The predicted octanol–water partition coefficient (Wildman–Crippen LogP) is 4.34. The van der Waals surface area contributed by atoms with E-state index in [0.717, 1.165) is 5.56 Å². The molecule has 0 heterocycles. The Morgan fingerprint density at radius 1 is 1.00 bits per heavy atom. The predicted molar refractivity (Wildman–Crippen MR) is 178 cm³/mol. The molecule has 3 atom stereocenters. The minimum Gasteiger partial charge on any atom is -0.493 e. The third kappa shape index (κ3) is 7.56. The average Bonchev–Trinajstić information content (AvgIpc) is 3.28. The highest BCUT2D eigenvalue weighted by atomic mass is 32.2. The van der Waals surface area contributed by atoms with Gasteiger partial charge in [-0.15, -0.1) is 0 Å². The summed E-state index contributed by atoms with van der Waals surface area (Å²) in [7, 11) is 4.58. The van der Waals surface area contributed by atoms with Crippen LogP contribution in [0.5, 0.6) is 17.2 Å². The molecule has 0 unspecified atom stereocenters. The fraction of sp³-hybridized carbons (Fsp3) is 0.353. The highest BCUT2D eigenvalue weighted by molar-refractivity contribution is 7.98. The summed E-state index contributed by atoms with van der Waals surface area (Å²) in [6, 6.07) is 12.5. The number of aliphatic carboxylic acids is 1. The Bertz CT molecular complexity index is 1650. The van der Waals surface area contributed by atoms with Crippen LogP contribution in [0.25, 0.3) is 11.1 Å². The summed E-state index contributed by atoms with van der Waals surface area (Å²) in [6.07, 6.45) is 3.28. The highest BCUT2D eigenvalue weighted by Crippen LogP contribution is 2.50. The van der Waals surface area contributed by atoms with Gasteiger partial charge in [-0.25, -0.2) is 4.79 Å². The lowest BCUT2D eigenvalue weighted by Gasteiger charge is -2.22. The number of aryl methyl sites for hydroxylation is 1. The standard InChI is InChI=1S/C34H39N3O8S/c1-19(38)35-24-13-11-21-17-28(43-2)31(44-3)32(45-4)29(21)22-12-14-25(27(39)18-23(22)24)36-26(15-16-46-5)33(40)37-30(34(41)42)20-9-7-6-8-10-20/h6-10,12,14,17-18,24,26,30H,11,13,15-16H2,1-5H3,(H,35,38)(H,36,39)(H,37,40)(H,41,42)/t24-,26-,30-/m0/s1. The number of amides is 2. The van der Waals surface area contributed by atoms with Crippen LogP contribution in [-0.4, -0.2) is 62.3 Å². The smallest absolute Gasteiger partial charge is 0.330 e. The summed E-state index contributed by atoms with van der Waals surface area (Å²) in [5.41, 5.74) is 2.98. The minimum atomic E-state index is -1.27. The fourth-order valence-corrected chi connectivity index (χ4v) is 6.17. The summed E-state index contributed by atoms with van der Waals surface area (Å²) < 4.78 is 17.1. The van der Waals surface area contributed by atoms with Crippen molar-refractivity contribution in [2.24, 2.45) is 0 Å². The van der Waals surface area contributed by atoms with E-state index in [4.69, 9.17) is 14.2 Å². The Hall–Kier alpha value is -4.71. The summed E-state index contributed by atoms with van der Waals surface area (Å²) in [5, 5.41) is 18.6. The number of benzene rings is 2. The Labute approximate surface area is 272 Å². The van der Waals surface area contributed by atoms with Crippen LogP contribution in [0.1, 0.15) is 48.5 Å². The fourth-order valence-electron chi connectivity index (χ4n) is 5.70. The second-order valence-electron chi connectivity index (χ2n) is 10.8. The van der Waals surface area contributed by atoms with Crippen LogP contribution in [0.4, 0.5) is 5.69 Å². The number of carbonyl (C=O) groups is 3. The third-order valence-electron chi connectivity index (χ3n) is 7.84. The first-order valence-corrected chi connectivity index (χ1v) is 16.1. The lowest BCUT2D eigenvalue weighted by Crippen LogP contribution is -2.44. The number of rotatable bonds is 13. The number of thioether (sulfide) groups is 1. The molecule has 0 aliphatic heterocycles. The number of carbonyl (C=O) groups excluding carboxylic acids is 2. The van der Waals surface area contributed by atoms with Gasteiger partial charge in [0.15, 0.2) is 17.5 Å². The summed E-state index contributed by atoms with van der Waals surface area (Å²) in [5.74, 6) is -0.130. The lowest BCUT2D eigenvalue weighted by atomic mass is 9.95. The van der Waals surface area contributed by atoms with Crippen LogP contribution in [-0.2, 0) is 20.8 Å². The van der Waals surface area contributed by atoms with Gasteiger partial charge in [-0.05, 0) is 71.7 Å². The molecule has 0 aromatic heterocycles. The number of anilines is 1.